The van der Waals surface area contributed by atoms with Gasteiger partial charge in [-0.3, -0.25) is 4.90 Å². The Hall–Kier alpha value is -0.850. The molecule has 3 saturated heterocycles. The van der Waals surface area contributed by atoms with Gasteiger partial charge in [-0.15, -0.1) is 0 Å². The van der Waals surface area contributed by atoms with Crippen molar-refractivity contribution in [1.82, 2.24) is 9.80 Å². The van der Waals surface area contributed by atoms with Gasteiger partial charge in [0.25, 0.3) is 0 Å². The van der Waals surface area contributed by atoms with Crippen LogP contribution in [0.15, 0.2) is 0 Å². The Labute approximate surface area is 119 Å². The van der Waals surface area contributed by atoms with Crippen LogP contribution in [-0.4, -0.2) is 74.2 Å². The Morgan fingerprint density at radius 1 is 1.05 bits per heavy atom. The first-order chi connectivity index (χ1) is 9.84. The maximum Gasteiger partial charge on any atom is 0.409 e. The van der Waals surface area contributed by atoms with Crippen molar-refractivity contribution in [3.63, 3.8) is 0 Å². The molecule has 114 valence electrons. The van der Waals surface area contributed by atoms with Crippen LogP contribution in [0, 0.1) is 0 Å². The van der Waals surface area contributed by atoms with Crippen LogP contribution in [0.5, 0.6) is 0 Å². The molecule has 0 bridgehead atoms. The van der Waals surface area contributed by atoms with Gasteiger partial charge in [0.2, 0.25) is 0 Å². The van der Waals surface area contributed by atoms with Crippen molar-refractivity contribution in [3.05, 3.63) is 0 Å². The summed E-state index contributed by atoms with van der Waals surface area (Å²) in [5.74, 6) is 0. The minimum absolute atomic E-state index is 0.0490. The van der Waals surface area contributed by atoms with Gasteiger partial charge in [-0.1, -0.05) is 6.42 Å². The largest absolute Gasteiger partial charge is 0.448 e. The number of likely N-dealkylation sites (tertiary alicyclic amines) is 1. The molecule has 3 fully saturated rings. The summed E-state index contributed by atoms with van der Waals surface area (Å²) in [6, 6.07) is 0.386. The van der Waals surface area contributed by atoms with Crippen LogP contribution in [0.4, 0.5) is 4.79 Å². The number of hydrogen-bond acceptors (Lipinski definition) is 5. The van der Waals surface area contributed by atoms with Crippen LogP contribution < -0.4 is 0 Å². The Balaban J connectivity index is 1.45. The summed E-state index contributed by atoms with van der Waals surface area (Å²) in [5.41, 5.74) is 0. The normalized spacial score (nSPS) is 29.1. The van der Waals surface area contributed by atoms with E-state index in [9.17, 15) is 4.79 Å². The minimum Gasteiger partial charge on any atom is -0.448 e. The Kier molecular flexibility index (Phi) is 4.75. The summed E-state index contributed by atoms with van der Waals surface area (Å²) in [4.78, 5) is 15.6. The molecule has 6 heteroatoms. The fraction of sp³-hybridized carbons (Fsp3) is 0.929. The van der Waals surface area contributed by atoms with Crippen LogP contribution in [0.3, 0.4) is 0 Å². The SMILES string of the molecule is O=C1OCCN1CCCN1CCCCC1C1OCCO1. The molecule has 20 heavy (non-hydrogen) atoms. The first-order valence-corrected chi connectivity index (χ1v) is 7.73. The summed E-state index contributed by atoms with van der Waals surface area (Å²) in [5, 5.41) is 0. The van der Waals surface area contributed by atoms with E-state index in [0.717, 1.165) is 39.0 Å². The van der Waals surface area contributed by atoms with Crippen LogP contribution in [-0.2, 0) is 14.2 Å². The maximum absolute atomic E-state index is 11.4. The van der Waals surface area contributed by atoms with E-state index in [0.29, 0.717) is 25.9 Å². The highest BCUT2D eigenvalue weighted by atomic mass is 16.7. The first-order valence-electron chi connectivity index (χ1n) is 7.73. The van der Waals surface area contributed by atoms with Crippen LogP contribution in [0.2, 0.25) is 0 Å². The lowest BCUT2D eigenvalue weighted by atomic mass is 10.0. The van der Waals surface area contributed by atoms with Gasteiger partial charge in [-0.2, -0.15) is 0 Å². The van der Waals surface area contributed by atoms with Gasteiger partial charge >= 0.3 is 6.09 Å². The molecule has 0 aromatic rings. The Morgan fingerprint density at radius 2 is 1.90 bits per heavy atom. The fourth-order valence-corrected chi connectivity index (χ4v) is 3.29. The smallest absolute Gasteiger partial charge is 0.409 e. The molecule has 1 amide bonds. The summed E-state index contributed by atoms with van der Waals surface area (Å²) >= 11 is 0. The van der Waals surface area contributed by atoms with E-state index < -0.39 is 0 Å². The number of ether oxygens (including phenoxy) is 3. The second-order valence-corrected chi connectivity index (χ2v) is 5.66. The molecule has 0 aromatic carbocycles. The van der Waals surface area contributed by atoms with Crippen LogP contribution >= 0.6 is 0 Å². The highest BCUT2D eigenvalue weighted by molar-refractivity contribution is 5.69. The van der Waals surface area contributed by atoms with E-state index in [-0.39, 0.29) is 12.4 Å². The molecule has 3 aliphatic heterocycles. The Morgan fingerprint density at radius 3 is 2.65 bits per heavy atom. The monoisotopic (exact) mass is 284 g/mol. The van der Waals surface area contributed by atoms with Gasteiger partial charge < -0.3 is 19.1 Å². The average Bonchev–Trinajstić information content (AvgIpc) is 3.12. The molecule has 3 rings (SSSR count). The van der Waals surface area contributed by atoms with E-state index in [2.05, 4.69) is 4.90 Å². The van der Waals surface area contributed by atoms with Crippen molar-refractivity contribution < 1.29 is 19.0 Å². The highest BCUT2D eigenvalue weighted by Crippen LogP contribution is 2.24. The average molecular weight is 284 g/mol. The zero-order valence-corrected chi connectivity index (χ0v) is 12.0. The third-order valence-electron chi connectivity index (χ3n) is 4.34. The standard InChI is InChI=1S/C14H24N2O4/c17-14-16(8-9-20-14)7-3-6-15-5-2-1-4-12(15)13-18-10-11-19-13/h12-13H,1-11H2. The molecule has 0 aromatic heterocycles. The van der Waals surface area contributed by atoms with E-state index in [4.69, 9.17) is 14.2 Å². The van der Waals surface area contributed by atoms with E-state index in [1.165, 1.54) is 12.8 Å². The van der Waals surface area contributed by atoms with Gasteiger partial charge in [-0.05, 0) is 25.8 Å². The van der Waals surface area contributed by atoms with Gasteiger partial charge in [0, 0.05) is 13.1 Å². The van der Waals surface area contributed by atoms with E-state index in [1.54, 1.807) is 4.90 Å². The molecular formula is C14H24N2O4. The summed E-state index contributed by atoms with van der Waals surface area (Å²) in [7, 11) is 0. The third-order valence-corrected chi connectivity index (χ3v) is 4.34. The number of carbonyl (C=O) groups is 1. The number of rotatable bonds is 5. The van der Waals surface area contributed by atoms with Crippen molar-refractivity contribution in [2.75, 3.05) is 46.0 Å². The summed E-state index contributed by atoms with van der Waals surface area (Å²) in [6.45, 7) is 5.60. The van der Waals surface area contributed by atoms with Gasteiger partial charge in [0.05, 0.1) is 25.8 Å². The van der Waals surface area contributed by atoms with Crippen molar-refractivity contribution in [1.29, 1.82) is 0 Å². The molecule has 0 aliphatic carbocycles. The summed E-state index contributed by atoms with van der Waals surface area (Å²) < 4.78 is 16.3. The van der Waals surface area contributed by atoms with E-state index >= 15 is 0 Å². The molecular weight excluding hydrogens is 260 g/mol. The maximum atomic E-state index is 11.4. The molecule has 3 aliphatic rings. The summed E-state index contributed by atoms with van der Waals surface area (Å²) in [6.07, 6.45) is 4.42. The lowest BCUT2D eigenvalue weighted by Crippen LogP contribution is -2.48. The molecule has 1 atom stereocenters. The highest BCUT2D eigenvalue weighted by Gasteiger charge is 2.33. The number of hydrogen-bond donors (Lipinski definition) is 0. The fourth-order valence-electron chi connectivity index (χ4n) is 3.29. The molecule has 1 unspecified atom stereocenters. The van der Waals surface area contributed by atoms with Crippen molar-refractivity contribution in [3.8, 4) is 0 Å². The molecule has 0 radical (unpaired) electrons. The van der Waals surface area contributed by atoms with Gasteiger partial charge in [-0.25, -0.2) is 4.79 Å². The molecule has 0 spiro atoms. The molecule has 0 saturated carbocycles. The zero-order chi connectivity index (χ0) is 13.8. The van der Waals surface area contributed by atoms with Crippen LogP contribution in [0.1, 0.15) is 25.7 Å². The van der Waals surface area contributed by atoms with Gasteiger partial charge in [0.1, 0.15) is 6.61 Å². The second kappa shape index (κ2) is 6.74. The van der Waals surface area contributed by atoms with Crippen molar-refractivity contribution in [2.24, 2.45) is 0 Å². The van der Waals surface area contributed by atoms with Crippen molar-refractivity contribution >= 4 is 6.09 Å². The predicted octanol–water partition coefficient (Wildman–Crippen LogP) is 1.06. The number of piperidine rings is 1. The number of cyclic esters (lactones) is 1. The second-order valence-electron chi connectivity index (χ2n) is 5.66. The minimum atomic E-state index is -0.164. The van der Waals surface area contributed by atoms with Crippen LogP contribution in [0.25, 0.3) is 0 Å². The van der Waals surface area contributed by atoms with Gasteiger partial charge in [0.15, 0.2) is 6.29 Å². The molecule has 3 heterocycles. The van der Waals surface area contributed by atoms with E-state index in [1.807, 2.05) is 0 Å². The topological polar surface area (TPSA) is 51.2 Å². The van der Waals surface area contributed by atoms with Crippen molar-refractivity contribution in [2.45, 2.75) is 38.0 Å². The number of nitrogens with zero attached hydrogens (tertiary/aromatic N) is 2. The first kappa shape index (κ1) is 14.1. The Bertz CT molecular complexity index is 333. The molecule has 0 N–H and O–H groups in total. The lowest BCUT2D eigenvalue weighted by Gasteiger charge is -2.38. The number of carbonyl (C=O) groups excluding carboxylic acids is 1. The third kappa shape index (κ3) is 3.24. The number of amides is 1. The zero-order valence-electron chi connectivity index (χ0n) is 12.0. The lowest BCUT2D eigenvalue weighted by molar-refractivity contribution is -0.109. The predicted molar refractivity (Wildman–Crippen MR) is 72.4 cm³/mol. The quantitative estimate of drug-likeness (QED) is 0.755. The molecule has 6 nitrogen and oxygen atoms in total.